The standard InChI is InChI=1S/C18H23NO4/c20-17(15-10-16(15)18(21)22)19(11-13-4-2-1-3-5-13)12-14-6-8-23-9-7-14/h1-5,14-16H,6-12H2,(H,21,22)/t15-,16+/m0/s1. The average Bonchev–Trinajstić information content (AvgIpc) is 3.36. The van der Waals surface area contributed by atoms with Gasteiger partial charge in [0.1, 0.15) is 0 Å². The molecule has 2 fully saturated rings. The lowest BCUT2D eigenvalue weighted by molar-refractivity contribution is -0.142. The Balaban J connectivity index is 1.67. The van der Waals surface area contributed by atoms with E-state index in [-0.39, 0.29) is 11.8 Å². The molecular weight excluding hydrogens is 294 g/mol. The molecule has 0 spiro atoms. The molecule has 1 heterocycles. The third-order valence-electron chi connectivity index (χ3n) is 4.77. The van der Waals surface area contributed by atoms with E-state index in [4.69, 9.17) is 9.84 Å². The number of rotatable bonds is 6. The second-order valence-corrected chi connectivity index (χ2v) is 6.55. The van der Waals surface area contributed by atoms with E-state index in [9.17, 15) is 9.59 Å². The molecule has 0 unspecified atom stereocenters. The Labute approximate surface area is 136 Å². The molecular formula is C18H23NO4. The molecule has 124 valence electrons. The smallest absolute Gasteiger partial charge is 0.307 e. The lowest BCUT2D eigenvalue weighted by atomic mass is 9.99. The minimum atomic E-state index is -0.853. The lowest BCUT2D eigenvalue weighted by Gasteiger charge is -2.30. The summed E-state index contributed by atoms with van der Waals surface area (Å²) in [6.07, 6.45) is 2.41. The summed E-state index contributed by atoms with van der Waals surface area (Å²) >= 11 is 0. The molecule has 5 nitrogen and oxygen atoms in total. The van der Waals surface area contributed by atoms with Crippen molar-refractivity contribution in [1.82, 2.24) is 4.90 Å². The average molecular weight is 317 g/mol. The molecule has 23 heavy (non-hydrogen) atoms. The molecule has 2 atom stereocenters. The number of ether oxygens (including phenoxy) is 1. The highest BCUT2D eigenvalue weighted by atomic mass is 16.5. The van der Waals surface area contributed by atoms with Gasteiger partial charge in [-0.3, -0.25) is 9.59 Å². The monoisotopic (exact) mass is 317 g/mol. The lowest BCUT2D eigenvalue weighted by Crippen LogP contribution is -2.38. The van der Waals surface area contributed by atoms with Gasteiger partial charge in [-0.1, -0.05) is 30.3 Å². The van der Waals surface area contributed by atoms with Crippen LogP contribution in [0, 0.1) is 17.8 Å². The third-order valence-corrected chi connectivity index (χ3v) is 4.77. The maximum atomic E-state index is 12.7. The highest BCUT2D eigenvalue weighted by molar-refractivity contribution is 5.89. The first-order chi connectivity index (χ1) is 11.1. The number of carbonyl (C=O) groups excluding carboxylic acids is 1. The number of benzene rings is 1. The maximum absolute atomic E-state index is 12.7. The fraction of sp³-hybridized carbons (Fsp3) is 0.556. The van der Waals surface area contributed by atoms with Crippen LogP contribution in [0.25, 0.3) is 0 Å². The van der Waals surface area contributed by atoms with E-state index >= 15 is 0 Å². The van der Waals surface area contributed by atoms with Gasteiger partial charge in [0.25, 0.3) is 0 Å². The first kappa shape index (κ1) is 16.0. The number of nitrogens with zero attached hydrogens (tertiary/aromatic N) is 1. The van der Waals surface area contributed by atoms with Crippen LogP contribution in [0.2, 0.25) is 0 Å². The van der Waals surface area contributed by atoms with Crippen molar-refractivity contribution in [2.45, 2.75) is 25.8 Å². The Morgan fingerprint density at radius 1 is 1.13 bits per heavy atom. The van der Waals surface area contributed by atoms with Crippen LogP contribution >= 0.6 is 0 Å². The summed E-state index contributed by atoms with van der Waals surface area (Å²) in [7, 11) is 0. The molecule has 5 heteroatoms. The number of hydrogen-bond acceptors (Lipinski definition) is 3. The molecule has 1 aromatic carbocycles. The van der Waals surface area contributed by atoms with Crippen LogP contribution in [0.15, 0.2) is 30.3 Å². The number of carboxylic acid groups (broad SMARTS) is 1. The first-order valence-corrected chi connectivity index (χ1v) is 8.28. The molecule has 1 aliphatic carbocycles. The Morgan fingerprint density at radius 3 is 2.43 bits per heavy atom. The summed E-state index contributed by atoms with van der Waals surface area (Å²) in [5.74, 6) is -1.24. The number of carboxylic acids is 1. The molecule has 3 rings (SSSR count). The van der Waals surface area contributed by atoms with Crippen molar-refractivity contribution >= 4 is 11.9 Å². The summed E-state index contributed by atoms with van der Waals surface area (Å²) in [6.45, 7) is 2.75. The number of hydrogen-bond donors (Lipinski definition) is 1. The van der Waals surface area contributed by atoms with E-state index in [1.54, 1.807) is 0 Å². The minimum absolute atomic E-state index is 0.00672. The molecule has 2 aliphatic rings. The molecule has 1 N–H and O–H groups in total. The first-order valence-electron chi connectivity index (χ1n) is 8.28. The van der Waals surface area contributed by atoms with Gasteiger partial charge in [0.15, 0.2) is 0 Å². The molecule has 0 bridgehead atoms. The van der Waals surface area contributed by atoms with Crippen LogP contribution in [-0.2, 0) is 20.9 Å². The van der Waals surface area contributed by atoms with E-state index in [0.717, 1.165) is 31.6 Å². The fourth-order valence-electron chi connectivity index (χ4n) is 3.25. The Morgan fingerprint density at radius 2 is 1.83 bits per heavy atom. The summed E-state index contributed by atoms with van der Waals surface area (Å²) in [5.41, 5.74) is 1.08. The Hall–Kier alpha value is -1.88. The highest BCUT2D eigenvalue weighted by Crippen LogP contribution is 2.40. The van der Waals surface area contributed by atoms with E-state index in [1.165, 1.54) is 0 Å². The normalized spacial score (nSPS) is 24.2. The molecule has 0 aromatic heterocycles. The zero-order valence-electron chi connectivity index (χ0n) is 13.2. The highest BCUT2D eigenvalue weighted by Gasteiger charge is 2.49. The summed E-state index contributed by atoms with van der Waals surface area (Å²) in [5, 5.41) is 9.08. The summed E-state index contributed by atoms with van der Waals surface area (Å²) < 4.78 is 5.39. The predicted molar refractivity (Wildman–Crippen MR) is 84.6 cm³/mol. The van der Waals surface area contributed by atoms with Crippen molar-refractivity contribution in [2.24, 2.45) is 17.8 Å². The maximum Gasteiger partial charge on any atom is 0.307 e. The van der Waals surface area contributed by atoms with Gasteiger partial charge < -0.3 is 14.7 Å². The molecule has 1 amide bonds. The van der Waals surface area contributed by atoms with Gasteiger partial charge in [-0.15, -0.1) is 0 Å². The quantitative estimate of drug-likeness (QED) is 0.873. The second-order valence-electron chi connectivity index (χ2n) is 6.55. The van der Waals surface area contributed by atoms with Crippen molar-refractivity contribution in [3.05, 3.63) is 35.9 Å². The molecule has 0 radical (unpaired) electrons. The van der Waals surface area contributed by atoms with Crippen molar-refractivity contribution in [1.29, 1.82) is 0 Å². The molecule has 1 aromatic rings. The fourth-order valence-corrected chi connectivity index (χ4v) is 3.25. The van der Waals surface area contributed by atoms with E-state index < -0.39 is 11.9 Å². The number of amides is 1. The van der Waals surface area contributed by atoms with Crippen LogP contribution in [0.5, 0.6) is 0 Å². The number of aliphatic carboxylic acids is 1. The van der Waals surface area contributed by atoms with Crippen molar-refractivity contribution in [3.63, 3.8) is 0 Å². The summed E-state index contributed by atoms with van der Waals surface area (Å²) in [4.78, 5) is 25.6. The van der Waals surface area contributed by atoms with Gasteiger partial charge in [0.05, 0.1) is 11.8 Å². The molecule has 1 aliphatic heterocycles. The largest absolute Gasteiger partial charge is 0.481 e. The van der Waals surface area contributed by atoms with Crippen LogP contribution in [0.3, 0.4) is 0 Å². The Kier molecular flexibility index (Phi) is 4.96. The van der Waals surface area contributed by atoms with Crippen molar-refractivity contribution in [2.75, 3.05) is 19.8 Å². The second kappa shape index (κ2) is 7.13. The SMILES string of the molecule is O=C(O)[C@@H]1C[C@@H]1C(=O)N(Cc1ccccc1)CC1CCOCC1. The van der Waals surface area contributed by atoms with Crippen LogP contribution < -0.4 is 0 Å². The van der Waals surface area contributed by atoms with Gasteiger partial charge in [-0.2, -0.15) is 0 Å². The van der Waals surface area contributed by atoms with E-state index in [2.05, 4.69) is 0 Å². The predicted octanol–water partition coefficient (Wildman–Crippen LogP) is 2.16. The zero-order valence-corrected chi connectivity index (χ0v) is 13.2. The Bertz CT molecular complexity index is 553. The summed E-state index contributed by atoms with van der Waals surface area (Å²) in [6, 6.07) is 9.89. The zero-order chi connectivity index (χ0) is 16.2. The topological polar surface area (TPSA) is 66.8 Å². The van der Waals surface area contributed by atoms with Gasteiger partial charge in [-0.25, -0.2) is 0 Å². The van der Waals surface area contributed by atoms with Gasteiger partial charge in [0.2, 0.25) is 5.91 Å². The van der Waals surface area contributed by atoms with Crippen molar-refractivity contribution < 1.29 is 19.4 Å². The molecule has 1 saturated heterocycles. The van der Waals surface area contributed by atoms with E-state index in [0.29, 0.717) is 25.4 Å². The van der Waals surface area contributed by atoms with Crippen LogP contribution in [0.1, 0.15) is 24.8 Å². The number of carbonyl (C=O) groups is 2. The van der Waals surface area contributed by atoms with Gasteiger partial charge in [-0.05, 0) is 30.7 Å². The van der Waals surface area contributed by atoms with E-state index in [1.807, 2.05) is 35.2 Å². The minimum Gasteiger partial charge on any atom is -0.481 e. The third kappa shape index (κ3) is 4.10. The van der Waals surface area contributed by atoms with Gasteiger partial charge in [0, 0.05) is 26.3 Å². The molecule has 1 saturated carbocycles. The van der Waals surface area contributed by atoms with Crippen LogP contribution in [-0.4, -0.2) is 41.6 Å². The van der Waals surface area contributed by atoms with Crippen LogP contribution in [0.4, 0.5) is 0 Å². The van der Waals surface area contributed by atoms with Gasteiger partial charge >= 0.3 is 5.97 Å². The van der Waals surface area contributed by atoms with Crippen molar-refractivity contribution in [3.8, 4) is 0 Å².